The highest BCUT2D eigenvalue weighted by Crippen LogP contribution is 2.38. The van der Waals surface area contributed by atoms with Gasteiger partial charge in [-0.05, 0) is 42.8 Å². The van der Waals surface area contributed by atoms with Crippen molar-refractivity contribution in [2.45, 2.75) is 6.92 Å². The highest BCUT2D eigenvalue weighted by Gasteiger charge is 2.14. The number of furan rings is 1. The molecule has 0 saturated carbocycles. The molecule has 0 bridgehead atoms. The third-order valence-electron chi connectivity index (χ3n) is 3.43. The Kier molecular flexibility index (Phi) is 3.51. The number of benzene rings is 2. The van der Waals surface area contributed by atoms with Crippen LogP contribution in [0.15, 0.2) is 46.9 Å². The molecule has 0 fully saturated rings. The first-order valence-electron chi connectivity index (χ1n) is 6.89. The van der Waals surface area contributed by atoms with Gasteiger partial charge in [-0.15, -0.1) is 0 Å². The summed E-state index contributed by atoms with van der Waals surface area (Å²) in [6, 6.07) is 10.1. The van der Waals surface area contributed by atoms with Gasteiger partial charge in [0, 0.05) is 11.5 Å². The van der Waals surface area contributed by atoms with Crippen LogP contribution in [0.3, 0.4) is 0 Å². The summed E-state index contributed by atoms with van der Waals surface area (Å²) >= 11 is 0. The van der Waals surface area contributed by atoms with Gasteiger partial charge in [0.25, 0.3) is 0 Å². The summed E-state index contributed by atoms with van der Waals surface area (Å²) in [6.45, 7) is 1.95. The summed E-state index contributed by atoms with van der Waals surface area (Å²) in [5.41, 5.74) is 2.15. The monoisotopic (exact) mass is 296 g/mol. The minimum Gasteiger partial charge on any atom is -0.508 e. The maximum atomic E-state index is 9.97. The largest absolute Gasteiger partial charge is 0.508 e. The van der Waals surface area contributed by atoms with Crippen LogP contribution in [-0.2, 0) is 0 Å². The molecule has 4 heteroatoms. The zero-order valence-electron chi connectivity index (χ0n) is 12.3. The van der Waals surface area contributed by atoms with Crippen molar-refractivity contribution in [3.63, 3.8) is 0 Å². The molecule has 0 aliphatic carbocycles. The van der Waals surface area contributed by atoms with Crippen LogP contribution in [-0.4, -0.2) is 17.3 Å². The van der Waals surface area contributed by atoms with E-state index in [-0.39, 0.29) is 11.5 Å². The number of rotatable bonds is 3. The third kappa shape index (κ3) is 2.39. The van der Waals surface area contributed by atoms with E-state index in [1.54, 1.807) is 13.2 Å². The number of phenols is 2. The number of allylic oxidation sites excluding steroid dienone is 1. The molecule has 0 saturated heterocycles. The summed E-state index contributed by atoms with van der Waals surface area (Å²) in [6.07, 6.45) is 3.93. The van der Waals surface area contributed by atoms with Gasteiger partial charge >= 0.3 is 0 Å². The summed E-state index contributed by atoms with van der Waals surface area (Å²) in [4.78, 5) is 0. The molecule has 0 aliphatic rings. The number of hydrogen-bond donors (Lipinski definition) is 2. The Labute approximate surface area is 127 Å². The number of aromatic hydroxyl groups is 2. The molecule has 112 valence electrons. The molecule has 4 nitrogen and oxygen atoms in total. The van der Waals surface area contributed by atoms with E-state index in [0.29, 0.717) is 22.7 Å². The molecule has 0 radical (unpaired) electrons. The summed E-state index contributed by atoms with van der Waals surface area (Å²) in [5.74, 6) is 1.12. The molecule has 2 N–H and O–H groups in total. The van der Waals surface area contributed by atoms with Crippen molar-refractivity contribution in [1.82, 2.24) is 0 Å². The van der Waals surface area contributed by atoms with Crippen LogP contribution in [0.4, 0.5) is 0 Å². The summed E-state index contributed by atoms with van der Waals surface area (Å²) < 4.78 is 11.2. The maximum absolute atomic E-state index is 9.97. The fraction of sp³-hybridized carbons (Fsp3) is 0.111. The van der Waals surface area contributed by atoms with Crippen molar-refractivity contribution in [2.75, 3.05) is 7.11 Å². The van der Waals surface area contributed by atoms with Crippen LogP contribution < -0.4 is 4.74 Å². The van der Waals surface area contributed by atoms with Gasteiger partial charge in [-0.3, -0.25) is 0 Å². The highest BCUT2D eigenvalue weighted by molar-refractivity contribution is 5.90. The lowest BCUT2D eigenvalue weighted by molar-refractivity contribution is 0.410. The van der Waals surface area contributed by atoms with Crippen LogP contribution in [0.5, 0.6) is 17.2 Å². The van der Waals surface area contributed by atoms with E-state index in [0.717, 1.165) is 10.9 Å². The van der Waals surface area contributed by atoms with Crippen molar-refractivity contribution >= 4 is 17.0 Å². The quantitative estimate of drug-likeness (QED) is 0.744. The fourth-order valence-electron chi connectivity index (χ4n) is 2.44. The zero-order valence-corrected chi connectivity index (χ0v) is 12.3. The molecule has 0 spiro atoms. The number of fused-ring (bicyclic) bond motifs is 1. The van der Waals surface area contributed by atoms with E-state index < -0.39 is 0 Å². The lowest BCUT2D eigenvalue weighted by atomic mass is 10.1. The number of ether oxygens (including phenoxy) is 1. The van der Waals surface area contributed by atoms with Gasteiger partial charge in [-0.1, -0.05) is 12.2 Å². The van der Waals surface area contributed by atoms with Gasteiger partial charge < -0.3 is 19.4 Å². The van der Waals surface area contributed by atoms with Crippen LogP contribution in [0.2, 0.25) is 0 Å². The zero-order chi connectivity index (χ0) is 15.7. The molecule has 0 atom stereocenters. The summed E-state index contributed by atoms with van der Waals surface area (Å²) in [7, 11) is 1.59. The van der Waals surface area contributed by atoms with Gasteiger partial charge in [0.05, 0.1) is 12.7 Å². The molecular weight excluding hydrogens is 280 g/mol. The molecule has 22 heavy (non-hydrogen) atoms. The standard InChI is InChI=1S/C18H16O4/c1-3-4-11-7-12-9-16(22-18(12)17(8-11)21-2)14-6-5-13(19)10-15(14)20/h3-10,19-20H,1-2H3/b4-3+. The van der Waals surface area contributed by atoms with Crippen LogP contribution in [0, 0.1) is 0 Å². The minimum atomic E-state index is -0.0355. The average molecular weight is 296 g/mol. The predicted octanol–water partition coefficient (Wildman–Crippen LogP) is 4.55. The second-order valence-corrected chi connectivity index (χ2v) is 4.95. The van der Waals surface area contributed by atoms with Crippen molar-refractivity contribution in [3.8, 4) is 28.6 Å². The molecule has 0 amide bonds. The van der Waals surface area contributed by atoms with Gasteiger partial charge in [-0.2, -0.15) is 0 Å². The molecule has 2 aromatic carbocycles. The lowest BCUT2D eigenvalue weighted by Gasteiger charge is -2.03. The number of hydrogen-bond acceptors (Lipinski definition) is 4. The van der Waals surface area contributed by atoms with Gasteiger partial charge in [0.15, 0.2) is 11.3 Å². The first-order chi connectivity index (χ1) is 10.6. The second kappa shape index (κ2) is 5.48. The Morgan fingerprint density at radius 1 is 1.09 bits per heavy atom. The maximum Gasteiger partial charge on any atom is 0.176 e. The van der Waals surface area contributed by atoms with Crippen LogP contribution in [0.1, 0.15) is 12.5 Å². The molecule has 3 aromatic rings. The van der Waals surface area contributed by atoms with Crippen molar-refractivity contribution in [2.24, 2.45) is 0 Å². The van der Waals surface area contributed by atoms with E-state index in [1.807, 2.05) is 37.3 Å². The lowest BCUT2D eigenvalue weighted by Crippen LogP contribution is -1.84. The van der Waals surface area contributed by atoms with E-state index in [2.05, 4.69) is 0 Å². The summed E-state index contributed by atoms with van der Waals surface area (Å²) in [5, 5.41) is 20.2. The molecular formula is C18H16O4. The van der Waals surface area contributed by atoms with E-state index in [1.165, 1.54) is 12.1 Å². The van der Waals surface area contributed by atoms with E-state index >= 15 is 0 Å². The molecule has 0 aliphatic heterocycles. The molecule has 3 rings (SSSR count). The number of phenolic OH excluding ortho intramolecular Hbond substituents is 2. The Bertz CT molecular complexity index is 859. The van der Waals surface area contributed by atoms with Crippen LogP contribution >= 0.6 is 0 Å². The molecule has 0 unspecified atom stereocenters. The first-order valence-corrected chi connectivity index (χ1v) is 6.89. The van der Waals surface area contributed by atoms with Crippen molar-refractivity contribution < 1.29 is 19.4 Å². The number of methoxy groups -OCH3 is 1. The van der Waals surface area contributed by atoms with Gasteiger partial charge in [-0.25, -0.2) is 0 Å². The van der Waals surface area contributed by atoms with Crippen LogP contribution in [0.25, 0.3) is 28.4 Å². The third-order valence-corrected chi connectivity index (χ3v) is 3.43. The Balaban J connectivity index is 2.20. The van der Waals surface area contributed by atoms with Crippen molar-refractivity contribution in [3.05, 3.63) is 48.0 Å². The highest BCUT2D eigenvalue weighted by atomic mass is 16.5. The van der Waals surface area contributed by atoms with Gasteiger partial charge in [0.1, 0.15) is 17.3 Å². The Morgan fingerprint density at radius 2 is 1.91 bits per heavy atom. The topological polar surface area (TPSA) is 62.8 Å². The smallest absolute Gasteiger partial charge is 0.176 e. The SMILES string of the molecule is C/C=C/c1cc(OC)c2oc(-c3ccc(O)cc3O)cc2c1. The average Bonchev–Trinajstić information content (AvgIpc) is 2.90. The Morgan fingerprint density at radius 3 is 2.59 bits per heavy atom. The molecule has 1 aromatic heterocycles. The predicted molar refractivity (Wildman–Crippen MR) is 86.2 cm³/mol. The van der Waals surface area contributed by atoms with E-state index in [4.69, 9.17) is 9.15 Å². The van der Waals surface area contributed by atoms with Crippen molar-refractivity contribution in [1.29, 1.82) is 0 Å². The van der Waals surface area contributed by atoms with Gasteiger partial charge in [0.2, 0.25) is 0 Å². The second-order valence-electron chi connectivity index (χ2n) is 4.95. The normalized spacial score (nSPS) is 11.4. The Hall–Kier alpha value is -2.88. The fourth-order valence-corrected chi connectivity index (χ4v) is 2.44. The van der Waals surface area contributed by atoms with E-state index in [9.17, 15) is 10.2 Å². The molecule has 1 heterocycles. The first kappa shape index (κ1) is 14.1. The minimum absolute atomic E-state index is 0.00492.